The minimum atomic E-state index is -0.328. The maximum atomic E-state index is 14.1. The highest BCUT2D eigenvalue weighted by atomic mass is 19.1. The number of hydrogen-bond donors (Lipinski definition) is 1. The van der Waals surface area contributed by atoms with E-state index in [1.807, 2.05) is 32.0 Å². The second-order valence-electron chi connectivity index (χ2n) is 5.18. The molecule has 0 aliphatic heterocycles. The van der Waals surface area contributed by atoms with Gasteiger partial charge in [0.25, 0.3) is 0 Å². The summed E-state index contributed by atoms with van der Waals surface area (Å²) in [7, 11) is 0. The van der Waals surface area contributed by atoms with E-state index in [0.717, 1.165) is 17.1 Å². The number of hydrogen-bond acceptors (Lipinski definition) is 4. The Kier molecular flexibility index (Phi) is 4.02. The van der Waals surface area contributed by atoms with Crippen molar-refractivity contribution in [2.45, 2.75) is 26.4 Å². The summed E-state index contributed by atoms with van der Waals surface area (Å²) in [5.41, 5.74) is 1.24. The minimum absolute atomic E-state index is 0.0618. The monoisotopic (exact) mass is 300 g/mol. The largest absolute Gasteiger partial charge is 0.465 e. The fraction of sp³-hybridized carbons (Fsp3) is 0.250. The van der Waals surface area contributed by atoms with Gasteiger partial charge in [-0.2, -0.15) is 5.10 Å². The third-order valence-corrected chi connectivity index (χ3v) is 3.48. The maximum absolute atomic E-state index is 14.1. The van der Waals surface area contributed by atoms with Gasteiger partial charge in [0.15, 0.2) is 0 Å². The van der Waals surface area contributed by atoms with E-state index in [2.05, 4.69) is 15.4 Å². The minimum Gasteiger partial charge on any atom is -0.465 e. The zero-order valence-electron chi connectivity index (χ0n) is 12.5. The summed E-state index contributed by atoms with van der Waals surface area (Å²) in [4.78, 5) is 3.82. The van der Waals surface area contributed by atoms with Gasteiger partial charge in [0, 0.05) is 6.54 Å². The lowest BCUT2D eigenvalue weighted by atomic mass is 10.1. The van der Waals surface area contributed by atoms with Crippen LogP contribution in [-0.4, -0.2) is 14.8 Å². The fourth-order valence-electron chi connectivity index (χ4n) is 2.24. The molecule has 0 saturated carbocycles. The van der Waals surface area contributed by atoms with Crippen molar-refractivity contribution < 1.29 is 8.81 Å². The van der Waals surface area contributed by atoms with E-state index in [0.29, 0.717) is 12.2 Å². The number of rotatable bonds is 5. The zero-order chi connectivity index (χ0) is 15.5. The normalized spacial score (nSPS) is 12.5. The SMILES string of the molecule is Cc1ccc([C@H](C)NCc2ccc(-n3cncn3)c(F)c2)o1. The van der Waals surface area contributed by atoms with Crippen LogP contribution in [0.25, 0.3) is 5.69 Å². The van der Waals surface area contributed by atoms with Gasteiger partial charge < -0.3 is 9.73 Å². The van der Waals surface area contributed by atoms with Crippen LogP contribution in [0.1, 0.15) is 30.0 Å². The molecule has 2 aromatic heterocycles. The molecule has 0 spiro atoms. The van der Waals surface area contributed by atoms with Crippen LogP contribution in [0.5, 0.6) is 0 Å². The van der Waals surface area contributed by atoms with Crippen LogP contribution >= 0.6 is 0 Å². The van der Waals surface area contributed by atoms with Crippen LogP contribution in [0.15, 0.2) is 47.4 Å². The number of nitrogens with one attached hydrogen (secondary N) is 1. The molecule has 3 aromatic rings. The summed E-state index contributed by atoms with van der Waals surface area (Å²) < 4.78 is 21.1. The fourth-order valence-corrected chi connectivity index (χ4v) is 2.24. The van der Waals surface area contributed by atoms with Crippen LogP contribution in [0.2, 0.25) is 0 Å². The first kappa shape index (κ1) is 14.5. The summed E-state index contributed by atoms with van der Waals surface area (Å²) in [6, 6.07) is 9.01. The van der Waals surface area contributed by atoms with Gasteiger partial charge in [-0.3, -0.25) is 0 Å². The number of aryl methyl sites for hydroxylation is 1. The molecule has 0 aliphatic carbocycles. The van der Waals surface area contributed by atoms with Crippen molar-refractivity contribution in [2.24, 2.45) is 0 Å². The van der Waals surface area contributed by atoms with E-state index >= 15 is 0 Å². The lowest BCUT2D eigenvalue weighted by Gasteiger charge is -2.12. The summed E-state index contributed by atoms with van der Waals surface area (Å²) >= 11 is 0. The lowest BCUT2D eigenvalue weighted by molar-refractivity contribution is 0.415. The molecule has 5 nitrogen and oxygen atoms in total. The molecule has 0 amide bonds. The molecular formula is C16H17FN4O. The molecule has 0 fully saturated rings. The van der Waals surface area contributed by atoms with E-state index in [1.54, 1.807) is 6.07 Å². The first-order valence-electron chi connectivity index (χ1n) is 7.06. The second kappa shape index (κ2) is 6.11. The zero-order valence-corrected chi connectivity index (χ0v) is 12.5. The van der Waals surface area contributed by atoms with Crippen LogP contribution in [0, 0.1) is 12.7 Å². The summed E-state index contributed by atoms with van der Waals surface area (Å²) in [6.45, 7) is 4.47. The van der Waals surface area contributed by atoms with Gasteiger partial charge in [-0.25, -0.2) is 14.1 Å². The molecule has 114 valence electrons. The summed E-state index contributed by atoms with van der Waals surface area (Å²) in [6.07, 6.45) is 2.85. The first-order chi connectivity index (χ1) is 10.6. The van der Waals surface area contributed by atoms with E-state index < -0.39 is 0 Å². The molecule has 22 heavy (non-hydrogen) atoms. The maximum Gasteiger partial charge on any atom is 0.149 e. The van der Waals surface area contributed by atoms with Crippen molar-refractivity contribution in [3.05, 3.63) is 65.9 Å². The smallest absolute Gasteiger partial charge is 0.149 e. The average molecular weight is 300 g/mol. The van der Waals surface area contributed by atoms with Crippen molar-refractivity contribution in [2.75, 3.05) is 0 Å². The molecule has 0 saturated heterocycles. The van der Waals surface area contributed by atoms with Crippen LogP contribution < -0.4 is 5.32 Å². The highest BCUT2D eigenvalue weighted by molar-refractivity contribution is 5.35. The predicted octanol–water partition coefficient (Wildman–Crippen LogP) is 3.16. The Labute approximate surface area is 127 Å². The molecule has 1 N–H and O–H groups in total. The quantitative estimate of drug-likeness (QED) is 0.786. The van der Waals surface area contributed by atoms with Crippen LogP contribution in [0.3, 0.4) is 0 Å². The third kappa shape index (κ3) is 3.07. The topological polar surface area (TPSA) is 55.9 Å². The molecular weight excluding hydrogens is 283 g/mol. The van der Waals surface area contributed by atoms with Gasteiger partial charge >= 0.3 is 0 Å². The average Bonchev–Trinajstić information content (AvgIpc) is 3.16. The summed E-state index contributed by atoms with van der Waals surface area (Å²) in [5.74, 6) is 1.43. The Hall–Kier alpha value is -2.47. The highest BCUT2D eigenvalue weighted by Gasteiger charge is 2.10. The Morgan fingerprint density at radius 2 is 2.18 bits per heavy atom. The Morgan fingerprint density at radius 3 is 2.82 bits per heavy atom. The number of benzene rings is 1. The Balaban J connectivity index is 1.67. The van der Waals surface area contributed by atoms with Gasteiger partial charge in [-0.05, 0) is 43.7 Å². The van der Waals surface area contributed by atoms with Crippen LogP contribution in [-0.2, 0) is 6.54 Å². The van der Waals surface area contributed by atoms with Crippen molar-refractivity contribution >= 4 is 0 Å². The summed E-state index contributed by atoms with van der Waals surface area (Å²) in [5, 5.41) is 7.25. The number of halogens is 1. The Bertz CT molecular complexity index is 751. The van der Waals surface area contributed by atoms with E-state index in [1.165, 1.54) is 23.4 Å². The number of furan rings is 1. The van der Waals surface area contributed by atoms with Gasteiger partial charge in [0.2, 0.25) is 0 Å². The van der Waals surface area contributed by atoms with Gasteiger partial charge in [-0.15, -0.1) is 0 Å². The first-order valence-corrected chi connectivity index (χ1v) is 7.06. The van der Waals surface area contributed by atoms with Crippen molar-refractivity contribution in [3.8, 4) is 5.69 Å². The van der Waals surface area contributed by atoms with Crippen LogP contribution in [0.4, 0.5) is 4.39 Å². The lowest BCUT2D eigenvalue weighted by Crippen LogP contribution is -2.17. The second-order valence-corrected chi connectivity index (χ2v) is 5.18. The van der Waals surface area contributed by atoms with Crippen molar-refractivity contribution in [3.63, 3.8) is 0 Å². The molecule has 0 bridgehead atoms. The van der Waals surface area contributed by atoms with Gasteiger partial charge in [0.1, 0.15) is 35.7 Å². The molecule has 3 rings (SSSR count). The van der Waals surface area contributed by atoms with Crippen molar-refractivity contribution in [1.82, 2.24) is 20.1 Å². The van der Waals surface area contributed by atoms with E-state index in [-0.39, 0.29) is 11.9 Å². The number of nitrogens with zero attached hydrogens (tertiary/aromatic N) is 3. The molecule has 6 heteroatoms. The predicted molar refractivity (Wildman–Crippen MR) is 80.0 cm³/mol. The Morgan fingerprint density at radius 1 is 1.32 bits per heavy atom. The molecule has 0 aliphatic rings. The third-order valence-electron chi connectivity index (χ3n) is 3.48. The molecule has 2 heterocycles. The number of aromatic nitrogens is 3. The van der Waals surface area contributed by atoms with E-state index in [9.17, 15) is 4.39 Å². The molecule has 0 unspecified atom stereocenters. The van der Waals surface area contributed by atoms with Gasteiger partial charge in [-0.1, -0.05) is 6.07 Å². The molecule has 1 atom stereocenters. The van der Waals surface area contributed by atoms with Gasteiger partial charge in [0.05, 0.1) is 6.04 Å². The standard InChI is InChI=1S/C16H17FN4O/c1-11-3-6-16(22-11)12(2)19-8-13-4-5-15(14(17)7-13)21-10-18-9-20-21/h3-7,9-10,12,19H,8H2,1-2H3/t12-/m0/s1. The molecule has 1 aromatic carbocycles. The van der Waals surface area contributed by atoms with E-state index in [4.69, 9.17) is 4.42 Å². The highest BCUT2D eigenvalue weighted by Crippen LogP contribution is 2.18. The molecule has 0 radical (unpaired) electrons. The van der Waals surface area contributed by atoms with Crippen molar-refractivity contribution in [1.29, 1.82) is 0 Å².